The van der Waals surface area contributed by atoms with Gasteiger partial charge in [-0.15, -0.1) is 0 Å². The van der Waals surface area contributed by atoms with Crippen molar-refractivity contribution in [3.8, 4) is 0 Å². The molecule has 0 radical (unpaired) electrons. The molecule has 1 atom stereocenters. The molecule has 2 aromatic carbocycles. The van der Waals surface area contributed by atoms with Crippen LogP contribution in [0.4, 0.5) is 0 Å². The molecule has 1 unspecified atom stereocenters. The van der Waals surface area contributed by atoms with Crippen molar-refractivity contribution < 1.29 is 9.59 Å². The number of amides is 2. The van der Waals surface area contributed by atoms with Crippen molar-refractivity contribution in [2.24, 2.45) is 7.05 Å². The van der Waals surface area contributed by atoms with Gasteiger partial charge in [-0.3, -0.25) is 14.3 Å². The Labute approximate surface area is 205 Å². The summed E-state index contributed by atoms with van der Waals surface area (Å²) >= 11 is 0. The molecule has 7 heteroatoms. The molecular weight excluding hydrogens is 438 g/mol. The molecule has 180 valence electrons. The van der Waals surface area contributed by atoms with Crippen LogP contribution in [0.5, 0.6) is 0 Å². The van der Waals surface area contributed by atoms with E-state index in [1.165, 1.54) is 0 Å². The number of hydrogen-bond acceptors (Lipinski definition) is 4. The van der Waals surface area contributed by atoms with Gasteiger partial charge in [0.1, 0.15) is 5.69 Å². The Morgan fingerprint density at radius 3 is 2.54 bits per heavy atom. The first-order valence-corrected chi connectivity index (χ1v) is 11.8. The first-order valence-electron chi connectivity index (χ1n) is 11.8. The van der Waals surface area contributed by atoms with E-state index in [0.29, 0.717) is 30.8 Å². The van der Waals surface area contributed by atoms with Gasteiger partial charge in [0.15, 0.2) is 5.69 Å². The van der Waals surface area contributed by atoms with Crippen LogP contribution in [0.1, 0.15) is 44.2 Å². The van der Waals surface area contributed by atoms with E-state index in [1.54, 1.807) is 15.6 Å². The summed E-state index contributed by atoms with van der Waals surface area (Å²) in [4.78, 5) is 32.3. The highest BCUT2D eigenvalue weighted by atomic mass is 16.2. The van der Waals surface area contributed by atoms with Gasteiger partial charge in [-0.1, -0.05) is 48.0 Å². The summed E-state index contributed by atoms with van der Waals surface area (Å²) in [5.74, 6) is -0.346. The van der Waals surface area contributed by atoms with E-state index < -0.39 is 0 Å². The Hall–Kier alpha value is -4.00. The minimum atomic E-state index is -0.215. The summed E-state index contributed by atoms with van der Waals surface area (Å²) in [6, 6.07) is 21.3. The van der Waals surface area contributed by atoms with Gasteiger partial charge < -0.3 is 10.2 Å². The maximum absolute atomic E-state index is 13.6. The second kappa shape index (κ2) is 10.5. The highest BCUT2D eigenvalue weighted by molar-refractivity contribution is 6.05. The molecule has 0 bridgehead atoms. The van der Waals surface area contributed by atoms with Crippen LogP contribution in [0.3, 0.4) is 0 Å². The lowest BCUT2D eigenvalue weighted by Gasteiger charge is -2.28. The smallest absolute Gasteiger partial charge is 0.275 e. The molecule has 0 saturated carbocycles. The number of hydrogen-bond donors (Lipinski definition) is 1. The van der Waals surface area contributed by atoms with Gasteiger partial charge in [0.25, 0.3) is 11.8 Å². The van der Waals surface area contributed by atoms with E-state index in [0.717, 1.165) is 27.7 Å². The van der Waals surface area contributed by atoms with Gasteiger partial charge in [0.05, 0.1) is 5.52 Å². The third-order valence-electron chi connectivity index (χ3n) is 6.27. The van der Waals surface area contributed by atoms with Crippen LogP contribution in [0, 0.1) is 13.8 Å². The summed E-state index contributed by atoms with van der Waals surface area (Å²) in [7, 11) is 3.67. The Morgan fingerprint density at radius 1 is 1.03 bits per heavy atom. The fraction of sp³-hybridized carbons (Fsp3) is 0.286. The van der Waals surface area contributed by atoms with Crippen LogP contribution in [0.15, 0.2) is 66.7 Å². The zero-order valence-electron chi connectivity index (χ0n) is 20.7. The van der Waals surface area contributed by atoms with E-state index in [-0.39, 0.29) is 17.9 Å². The summed E-state index contributed by atoms with van der Waals surface area (Å²) in [5, 5.41) is 8.35. The van der Waals surface area contributed by atoms with Crippen molar-refractivity contribution in [2.45, 2.75) is 32.7 Å². The topological polar surface area (TPSA) is 80.1 Å². The second-order valence-corrected chi connectivity index (χ2v) is 8.96. The second-order valence-electron chi connectivity index (χ2n) is 8.96. The van der Waals surface area contributed by atoms with Gasteiger partial charge in [0.2, 0.25) is 0 Å². The third kappa shape index (κ3) is 5.57. The highest BCUT2D eigenvalue weighted by Gasteiger charge is 2.26. The first kappa shape index (κ1) is 24.1. The molecule has 1 N–H and O–H groups in total. The van der Waals surface area contributed by atoms with Crippen molar-refractivity contribution in [1.82, 2.24) is 25.0 Å². The Morgan fingerprint density at radius 2 is 1.80 bits per heavy atom. The minimum Gasteiger partial charge on any atom is -0.351 e. The molecular formula is C28H31N5O2. The lowest BCUT2D eigenvalue weighted by Crippen LogP contribution is -2.41. The predicted molar refractivity (Wildman–Crippen MR) is 137 cm³/mol. The zero-order chi connectivity index (χ0) is 24.9. The molecule has 0 aliphatic heterocycles. The number of fused-ring (bicyclic) bond motifs is 1. The zero-order valence-corrected chi connectivity index (χ0v) is 20.7. The van der Waals surface area contributed by atoms with E-state index in [1.807, 2.05) is 76.5 Å². The summed E-state index contributed by atoms with van der Waals surface area (Å²) in [5.41, 5.74) is 4.76. The van der Waals surface area contributed by atoms with Crippen molar-refractivity contribution in [3.05, 3.63) is 94.9 Å². The van der Waals surface area contributed by atoms with Crippen LogP contribution in [-0.2, 0) is 13.5 Å². The molecule has 2 heterocycles. The van der Waals surface area contributed by atoms with Gasteiger partial charge in [-0.2, -0.15) is 5.10 Å². The Bertz CT molecular complexity index is 1350. The van der Waals surface area contributed by atoms with Crippen molar-refractivity contribution in [1.29, 1.82) is 0 Å². The predicted octanol–water partition coefficient (Wildman–Crippen LogP) is 4.09. The van der Waals surface area contributed by atoms with Gasteiger partial charge in [-0.05, 0) is 56.5 Å². The Kier molecular flexibility index (Phi) is 7.25. The number of likely N-dealkylation sites (N-methyl/N-ethyl adjacent to an activating group) is 1. The quantitative estimate of drug-likeness (QED) is 0.422. The standard InChI is InChI=1S/C28H31N5O2/c1-19-13-14-25-23(17-19)26(31-33(25)4)28(35)32(3)22(18-21-10-6-5-7-11-21)15-16-29-27(34)24-12-8-9-20(2)30-24/h5-14,17,22H,15-16,18H2,1-4H3,(H,29,34). The number of benzene rings is 2. The number of aryl methyl sites for hydroxylation is 3. The van der Waals surface area contributed by atoms with Crippen molar-refractivity contribution in [3.63, 3.8) is 0 Å². The van der Waals surface area contributed by atoms with E-state index in [9.17, 15) is 9.59 Å². The molecule has 2 amide bonds. The van der Waals surface area contributed by atoms with Crippen LogP contribution in [0.25, 0.3) is 10.9 Å². The molecule has 0 fully saturated rings. The normalized spacial score (nSPS) is 11.9. The molecule has 4 rings (SSSR count). The number of aromatic nitrogens is 3. The van der Waals surface area contributed by atoms with Crippen LogP contribution in [-0.4, -0.2) is 51.1 Å². The molecule has 2 aromatic heterocycles. The maximum atomic E-state index is 13.6. The number of carbonyl (C=O) groups is 2. The van der Waals surface area contributed by atoms with Crippen LogP contribution in [0.2, 0.25) is 0 Å². The van der Waals surface area contributed by atoms with E-state index >= 15 is 0 Å². The van der Waals surface area contributed by atoms with Crippen molar-refractivity contribution in [2.75, 3.05) is 13.6 Å². The molecule has 35 heavy (non-hydrogen) atoms. The van der Waals surface area contributed by atoms with Gasteiger partial charge >= 0.3 is 0 Å². The largest absolute Gasteiger partial charge is 0.351 e. The maximum Gasteiger partial charge on any atom is 0.275 e. The lowest BCUT2D eigenvalue weighted by molar-refractivity contribution is 0.0718. The van der Waals surface area contributed by atoms with Crippen molar-refractivity contribution >= 4 is 22.7 Å². The fourth-order valence-electron chi connectivity index (χ4n) is 4.30. The highest BCUT2D eigenvalue weighted by Crippen LogP contribution is 2.22. The molecule has 0 aliphatic rings. The molecule has 0 spiro atoms. The summed E-state index contributed by atoms with van der Waals surface area (Å²) < 4.78 is 1.75. The monoisotopic (exact) mass is 469 g/mol. The number of pyridine rings is 1. The number of nitrogens with zero attached hydrogens (tertiary/aromatic N) is 4. The average Bonchev–Trinajstić information content (AvgIpc) is 3.18. The molecule has 0 saturated heterocycles. The van der Waals surface area contributed by atoms with Gasteiger partial charge in [-0.25, -0.2) is 4.98 Å². The van der Waals surface area contributed by atoms with Gasteiger partial charge in [0, 0.05) is 37.8 Å². The number of nitrogens with one attached hydrogen (secondary N) is 1. The molecule has 7 nitrogen and oxygen atoms in total. The van der Waals surface area contributed by atoms with Crippen LogP contribution < -0.4 is 5.32 Å². The first-order chi connectivity index (χ1) is 16.8. The van der Waals surface area contributed by atoms with E-state index in [2.05, 4.69) is 27.5 Å². The molecule has 0 aliphatic carbocycles. The number of carbonyl (C=O) groups excluding carboxylic acids is 2. The average molecular weight is 470 g/mol. The number of rotatable bonds is 8. The van der Waals surface area contributed by atoms with Crippen LogP contribution >= 0.6 is 0 Å². The Balaban J connectivity index is 1.53. The summed E-state index contributed by atoms with van der Waals surface area (Å²) in [6.45, 7) is 4.29. The van der Waals surface area contributed by atoms with E-state index in [4.69, 9.17) is 0 Å². The fourth-order valence-corrected chi connectivity index (χ4v) is 4.30. The lowest BCUT2D eigenvalue weighted by atomic mass is 10.0. The third-order valence-corrected chi connectivity index (χ3v) is 6.27. The minimum absolute atomic E-state index is 0.127. The summed E-state index contributed by atoms with van der Waals surface area (Å²) in [6.07, 6.45) is 1.27. The molecule has 4 aromatic rings. The SMILES string of the molecule is Cc1ccc2c(c1)c(C(=O)N(C)C(CCNC(=O)c1cccc(C)n1)Cc1ccccc1)nn2C.